The summed E-state index contributed by atoms with van der Waals surface area (Å²) in [5.74, 6) is 1.04. The lowest BCUT2D eigenvalue weighted by molar-refractivity contribution is 0.241. The van der Waals surface area contributed by atoms with E-state index in [4.69, 9.17) is 17.2 Å². The molecule has 1 N–H and O–H groups in total. The van der Waals surface area contributed by atoms with Crippen molar-refractivity contribution in [1.29, 1.82) is 0 Å². The number of hydrogen-bond acceptors (Lipinski definition) is 4. The molecule has 0 bridgehead atoms. The molecule has 6 heteroatoms. The first kappa shape index (κ1) is 13.6. The smallest absolute Gasteiger partial charge is 0.196 e. The molecule has 0 aromatic carbocycles. The summed E-state index contributed by atoms with van der Waals surface area (Å²) in [7, 11) is 0. The highest BCUT2D eigenvalue weighted by molar-refractivity contribution is 7.71. The molecule has 0 fully saturated rings. The first-order chi connectivity index (χ1) is 10.7. The fraction of sp³-hybridized carbons (Fsp3) is 0.312. The maximum absolute atomic E-state index is 5.09. The molecular formula is C16H17N5S. The van der Waals surface area contributed by atoms with Crippen LogP contribution in [0.25, 0.3) is 5.52 Å². The molecule has 3 aromatic rings. The molecule has 0 saturated heterocycles. The Morgan fingerprint density at radius 3 is 3.18 bits per heavy atom. The van der Waals surface area contributed by atoms with Crippen molar-refractivity contribution in [3.8, 4) is 0 Å². The predicted molar refractivity (Wildman–Crippen MR) is 87.2 cm³/mol. The molecule has 0 spiro atoms. The standard InChI is InChI=1S/C16H17N5S/c1-11-18-14(15-4-2-3-6-21(11)15)10-20-7-5-13-12(9-20)8-17-16(22)19-13/h2-4,6,8H,5,7,9-10H2,1H3,(H,17,19,22). The lowest BCUT2D eigenvalue weighted by Crippen LogP contribution is -2.31. The van der Waals surface area contributed by atoms with E-state index in [2.05, 4.69) is 37.6 Å². The number of pyridine rings is 1. The Balaban J connectivity index is 1.61. The highest BCUT2D eigenvalue weighted by atomic mass is 32.1. The Hall–Kier alpha value is -2.05. The van der Waals surface area contributed by atoms with Gasteiger partial charge in [0.15, 0.2) is 4.77 Å². The molecule has 112 valence electrons. The molecule has 4 heterocycles. The van der Waals surface area contributed by atoms with E-state index in [1.54, 1.807) is 0 Å². The van der Waals surface area contributed by atoms with Gasteiger partial charge in [-0.2, -0.15) is 0 Å². The average molecular weight is 311 g/mol. The number of nitrogens with zero attached hydrogens (tertiary/aromatic N) is 4. The van der Waals surface area contributed by atoms with Crippen LogP contribution >= 0.6 is 12.2 Å². The fourth-order valence-electron chi connectivity index (χ4n) is 3.14. The van der Waals surface area contributed by atoms with Crippen LogP contribution in [-0.2, 0) is 19.5 Å². The quantitative estimate of drug-likeness (QED) is 0.739. The third kappa shape index (κ3) is 2.34. The molecule has 22 heavy (non-hydrogen) atoms. The van der Waals surface area contributed by atoms with E-state index < -0.39 is 0 Å². The SMILES string of the molecule is Cc1nc(CN2CCc3[nH]c(=S)ncc3C2)c2ccccn12. The van der Waals surface area contributed by atoms with E-state index in [0.29, 0.717) is 4.77 Å². The second kappa shape index (κ2) is 5.30. The molecule has 1 aliphatic heterocycles. The zero-order valence-corrected chi connectivity index (χ0v) is 13.2. The van der Waals surface area contributed by atoms with E-state index in [1.165, 1.54) is 16.8 Å². The Bertz CT molecular complexity index is 895. The van der Waals surface area contributed by atoms with E-state index in [9.17, 15) is 0 Å². The normalized spacial score (nSPS) is 15.1. The first-order valence-corrected chi connectivity index (χ1v) is 7.83. The summed E-state index contributed by atoms with van der Waals surface area (Å²) in [5.41, 5.74) is 4.79. The number of imidazole rings is 1. The van der Waals surface area contributed by atoms with Crippen LogP contribution < -0.4 is 0 Å². The highest BCUT2D eigenvalue weighted by Crippen LogP contribution is 2.20. The number of aromatic amines is 1. The molecule has 4 rings (SSSR count). The number of nitrogens with one attached hydrogen (secondary N) is 1. The summed E-state index contributed by atoms with van der Waals surface area (Å²) in [6.07, 6.45) is 4.94. The summed E-state index contributed by atoms with van der Waals surface area (Å²) in [4.78, 5) is 14.6. The monoisotopic (exact) mass is 311 g/mol. The van der Waals surface area contributed by atoms with Gasteiger partial charge in [-0.15, -0.1) is 0 Å². The Morgan fingerprint density at radius 1 is 1.36 bits per heavy atom. The van der Waals surface area contributed by atoms with Gasteiger partial charge in [0, 0.05) is 49.7 Å². The molecule has 0 unspecified atom stereocenters. The molecule has 5 nitrogen and oxygen atoms in total. The van der Waals surface area contributed by atoms with E-state index in [-0.39, 0.29) is 0 Å². The van der Waals surface area contributed by atoms with Crippen molar-refractivity contribution >= 4 is 17.7 Å². The largest absolute Gasteiger partial charge is 0.334 e. The van der Waals surface area contributed by atoms with E-state index in [1.807, 2.05) is 19.2 Å². The van der Waals surface area contributed by atoms with Crippen LogP contribution in [0.5, 0.6) is 0 Å². The third-order valence-electron chi connectivity index (χ3n) is 4.23. The Morgan fingerprint density at radius 2 is 2.27 bits per heavy atom. The van der Waals surface area contributed by atoms with Gasteiger partial charge < -0.3 is 9.38 Å². The predicted octanol–water partition coefficient (Wildman–Crippen LogP) is 2.65. The Kier molecular flexibility index (Phi) is 3.28. The van der Waals surface area contributed by atoms with Gasteiger partial charge in [-0.1, -0.05) is 6.07 Å². The molecule has 0 aliphatic carbocycles. The molecule has 0 amide bonds. The first-order valence-electron chi connectivity index (χ1n) is 7.43. The van der Waals surface area contributed by atoms with Crippen LogP contribution in [0.3, 0.4) is 0 Å². The van der Waals surface area contributed by atoms with Crippen molar-refractivity contribution in [2.45, 2.75) is 26.4 Å². The number of hydrogen-bond donors (Lipinski definition) is 1. The summed E-state index contributed by atoms with van der Waals surface area (Å²) in [6, 6.07) is 6.23. The zero-order valence-electron chi connectivity index (χ0n) is 12.4. The zero-order chi connectivity index (χ0) is 15.1. The summed E-state index contributed by atoms with van der Waals surface area (Å²) in [5, 5.41) is 0. The van der Waals surface area contributed by atoms with Gasteiger partial charge in [0.1, 0.15) is 5.82 Å². The minimum absolute atomic E-state index is 0.572. The minimum Gasteiger partial charge on any atom is -0.334 e. The maximum Gasteiger partial charge on any atom is 0.196 e. The second-order valence-corrected chi connectivity index (χ2v) is 6.10. The van der Waals surface area contributed by atoms with Gasteiger partial charge in [0.2, 0.25) is 0 Å². The maximum atomic E-state index is 5.09. The lowest BCUT2D eigenvalue weighted by atomic mass is 10.1. The number of aromatic nitrogens is 4. The van der Waals surface area contributed by atoms with Crippen LogP contribution in [0.1, 0.15) is 22.8 Å². The fourth-order valence-corrected chi connectivity index (χ4v) is 3.31. The van der Waals surface area contributed by atoms with Gasteiger partial charge in [-0.05, 0) is 31.3 Å². The van der Waals surface area contributed by atoms with Crippen molar-refractivity contribution in [3.63, 3.8) is 0 Å². The van der Waals surface area contributed by atoms with Gasteiger partial charge in [-0.3, -0.25) is 4.90 Å². The molecule has 1 aliphatic rings. The van der Waals surface area contributed by atoms with E-state index >= 15 is 0 Å². The van der Waals surface area contributed by atoms with Crippen LogP contribution in [0.2, 0.25) is 0 Å². The third-order valence-corrected chi connectivity index (χ3v) is 4.44. The van der Waals surface area contributed by atoms with Crippen LogP contribution in [0.15, 0.2) is 30.6 Å². The van der Waals surface area contributed by atoms with Gasteiger partial charge in [0.05, 0.1) is 11.2 Å². The summed E-state index contributed by atoms with van der Waals surface area (Å²) >= 11 is 5.09. The Labute approximate surface area is 133 Å². The molecular weight excluding hydrogens is 294 g/mol. The van der Waals surface area contributed by atoms with E-state index in [0.717, 1.165) is 37.6 Å². The second-order valence-electron chi connectivity index (χ2n) is 5.71. The van der Waals surface area contributed by atoms with Crippen molar-refractivity contribution in [1.82, 2.24) is 24.3 Å². The van der Waals surface area contributed by atoms with Crippen LogP contribution in [0.4, 0.5) is 0 Å². The molecule has 0 atom stereocenters. The van der Waals surface area contributed by atoms with Crippen molar-refractivity contribution < 1.29 is 0 Å². The number of rotatable bonds is 2. The number of fused-ring (bicyclic) bond motifs is 2. The minimum atomic E-state index is 0.572. The van der Waals surface area contributed by atoms with Gasteiger partial charge in [-0.25, -0.2) is 9.97 Å². The lowest BCUT2D eigenvalue weighted by Gasteiger charge is -2.27. The topological polar surface area (TPSA) is 49.2 Å². The van der Waals surface area contributed by atoms with Gasteiger partial charge >= 0.3 is 0 Å². The molecule has 0 saturated carbocycles. The average Bonchev–Trinajstić information content (AvgIpc) is 2.84. The molecule has 0 radical (unpaired) electrons. The van der Waals surface area contributed by atoms with Crippen molar-refractivity contribution in [2.24, 2.45) is 0 Å². The highest BCUT2D eigenvalue weighted by Gasteiger charge is 2.19. The van der Waals surface area contributed by atoms with Gasteiger partial charge in [0.25, 0.3) is 0 Å². The number of aryl methyl sites for hydroxylation is 1. The van der Waals surface area contributed by atoms with Crippen LogP contribution in [0, 0.1) is 11.7 Å². The number of H-pyrrole nitrogens is 1. The van der Waals surface area contributed by atoms with Crippen molar-refractivity contribution in [3.05, 3.63) is 58.1 Å². The summed E-state index contributed by atoms with van der Waals surface area (Å²) < 4.78 is 2.72. The van der Waals surface area contributed by atoms with Crippen molar-refractivity contribution in [2.75, 3.05) is 6.54 Å². The summed E-state index contributed by atoms with van der Waals surface area (Å²) in [6.45, 7) is 4.80. The molecule has 3 aromatic heterocycles. The van der Waals surface area contributed by atoms with Crippen LogP contribution in [-0.4, -0.2) is 30.8 Å².